The fraction of sp³-hybridized carbons (Fsp3) is 0.211. The molecule has 0 saturated heterocycles. The highest BCUT2D eigenvalue weighted by molar-refractivity contribution is 6.06. The van der Waals surface area contributed by atoms with E-state index < -0.39 is 6.04 Å². The lowest BCUT2D eigenvalue weighted by Crippen LogP contribution is -2.31. The zero-order valence-electron chi connectivity index (χ0n) is 15.3. The molecule has 1 amide bonds. The summed E-state index contributed by atoms with van der Waals surface area (Å²) < 4.78 is 1.60. The van der Waals surface area contributed by atoms with Gasteiger partial charge in [-0.1, -0.05) is 23.3 Å². The minimum absolute atomic E-state index is 0.205. The molecule has 1 aliphatic rings. The third kappa shape index (κ3) is 2.95. The number of allylic oxidation sites excluding steroid dienone is 1. The van der Waals surface area contributed by atoms with Crippen molar-refractivity contribution in [2.75, 3.05) is 10.6 Å². The highest BCUT2D eigenvalue weighted by Gasteiger charge is 2.34. The summed E-state index contributed by atoms with van der Waals surface area (Å²) in [6, 6.07) is 9.12. The average Bonchev–Trinajstić information content (AvgIpc) is 3.13. The minimum atomic E-state index is -0.463. The highest BCUT2D eigenvalue weighted by Crippen LogP contribution is 2.34. The topological polar surface area (TPSA) is 97.6 Å². The summed E-state index contributed by atoms with van der Waals surface area (Å²) >= 11 is 0. The Labute approximate surface area is 156 Å². The number of carbonyl (C=O) groups excluding carboxylic acids is 1. The normalized spacial score (nSPS) is 15.9. The van der Waals surface area contributed by atoms with Gasteiger partial charge in [-0.2, -0.15) is 4.68 Å². The molecule has 0 fully saturated rings. The van der Waals surface area contributed by atoms with Crippen molar-refractivity contribution in [2.45, 2.75) is 26.8 Å². The Morgan fingerprint density at radius 1 is 1.19 bits per heavy atom. The third-order valence-corrected chi connectivity index (χ3v) is 4.81. The van der Waals surface area contributed by atoms with Crippen LogP contribution < -0.4 is 10.6 Å². The van der Waals surface area contributed by atoms with E-state index >= 15 is 0 Å². The molecule has 8 nitrogen and oxygen atoms in total. The zero-order valence-corrected chi connectivity index (χ0v) is 15.3. The Morgan fingerprint density at radius 2 is 2.04 bits per heavy atom. The van der Waals surface area contributed by atoms with Crippen molar-refractivity contribution in [1.82, 2.24) is 25.2 Å². The summed E-state index contributed by atoms with van der Waals surface area (Å²) in [4.78, 5) is 17.4. The number of hydrogen-bond donors (Lipinski definition) is 2. The number of hydrogen-bond acceptors (Lipinski definition) is 6. The van der Waals surface area contributed by atoms with Crippen LogP contribution in [0.25, 0.3) is 0 Å². The number of aryl methyl sites for hydroxylation is 1. The summed E-state index contributed by atoms with van der Waals surface area (Å²) in [5.41, 5.74) is 5.02. The Balaban J connectivity index is 1.77. The first-order chi connectivity index (χ1) is 13.1. The monoisotopic (exact) mass is 361 g/mol. The number of anilines is 2. The molecule has 0 aliphatic carbocycles. The van der Waals surface area contributed by atoms with Gasteiger partial charge in [-0.15, -0.1) is 0 Å². The summed E-state index contributed by atoms with van der Waals surface area (Å²) in [6.45, 7) is 5.85. The number of amides is 1. The van der Waals surface area contributed by atoms with E-state index in [1.165, 1.54) is 0 Å². The van der Waals surface area contributed by atoms with E-state index in [9.17, 15) is 4.79 Å². The first-order valence-electron chi connectivity index (χ1n) is 8.59. The van der Waals surface area contributed by atoms with E-state index in [1.807, 2.05) is 51.1 Å². The molecule has 3 heterocycles. The molecular weight excluding hydrogens is 342 g/mol. The van der Waals surface area contributed by atoms with Gasteiger partial charge < -0.3 is 10.6 Å². The van der Waals surface area contributed by atoms with E-state index in [4.69, 9.17) is 0 Å². The molecule has 2 aromatic heterocycles. The van der Waals surface area contributed by atoms with Crippen molar-refractivity contribution in [3.8, 4) is 0 Å². The lowest BCUT2D eigenvalue weighted by molar-refractivity contribution is -0.113. The number of tetrazole rings is 1. The van der Waals surface area contributed by atoms with Gasteiger partial charge in [0.2, 0.25) is 5.95 Å². The molecule has 4 rings (SSSR count). The van der Waals surface area contributed by atoms with Crippen molar-refractivity contribution >= 4 is 17.5 Å². The largest absolute Gasteiger partial charge is 0.326 e. The lowest BCUT2D eigenvalue weighted by atomic mass is 9.96. The van der Waals surface area contributed by atoms with Crippen LogP contribution in [0.1, 0.15) is 29.7 Å². The van der Waals surface area contributed by atoms with E-state index in [1.54, 1.807) is 17.1 Å². The van der Waals surface area contributed by atoms with Gasteiger partial charge in [-0.05, 0) is 60.0 Å². The predicted molar refractivity (Wildman–Crippen MR) is 101 cm³/mol. The maximum Gasteiger partial charge on any atom is 0.255 e. The van der Waals surface area contributed by atoms with Gasteiger partial charge >= 0.3 is 0 Å². The quantitative estimate of drug-likeness (QED) is 0.744. The molecule has 1 aromatic carbocycles. The van der Waals surface area contributed by atoms with E-state index in [0.717, 1.165) is 22.4 Å². The second-order valence-corrected chi connectivity index (χ2v) is 6.50. The van der Waals surface area contributed by atoms with Crippen LogP contribution in [0.3, 0.4) is 0 Å². The molecule has 2 N–H and O–H groups in total. The summed E-state index contributed by atoms with van der Waals surface area (Å²) in [7, 11) is 0. The predicted octanol–water partition coefficient (Wildman–Crippen LogP) is 2.61. The first-order valence-corrected chi connectivity index (χ1v) is 8.59. The average molecular weight is 361 g/mol. The number of nitrogens with one attached hydrogen (secondary N) is 2. The van der Waals surface area contributed by atoms with Gasteiger partial charge in [-0.25, -0.2) is 0 Å². The molecule has 0 bridgehead atoms. The fourth-order valence-electron chi connectivity index (χ4n) is 3.23. The number of rotatable bonds is 3. The van der Waals surface area contributed by atoms with Crippen LogP contribution >= 0.6 is 0 Å². The Hall–Kier alpha value is -3.55. The second kappa shape index (κ2) is 6.64. The van der Waals surface area contributed by atoms with Gasteiger partial charge in [0.1, 0.15) is 6.04 Å². The standard InChI is InChI=1S/C19H19N7O/c1-11-6-4-8-15(12(11)2)22-18(27)16-13(3)21-19-23-24-25-26(19)17(16)14-7-5-9-20-10-14/h4-10,17H,1-3H3,(H,22,27)(H,21,23,25)/t17-/m1/s1. The van der Waals surface area contributed by atoms with Crippen molar-refractivity contribution in [3.05, 3.63) is 70.7 Å². The van der Waals surface area contributed by atoms with Crippen LogP contribution in [0.4, 0.5) is 11.6 Å². The van der Waals surface area contributed by atoms with Crippen LogP contribution in [0.15, 0.2) is 54.0 Å². The smallest absolute Gasteiger partial charge is 0.255 e. The first kappa shape index (κ1) is 16.9. The van der Waals surface area contributed by atoms with E-state index in [0.29, 0.717) is 17.2 Å². The lowest BCUT2D eigenvalue weighted by Gasteiger charge is -2.27. The summed E-state index contributed by atoms with van der Waals surface area (Å²) in [5.74, 6) is 0.286. The maximum absolute atomic E-state index is 13.2. The van der Waals surface area contributed by atoms with Gasteiger partial charge in [0.25, 0.3) is 5.91 Å². The van der Waals surface area contributed by atoms with Crippen molar-refractivity contribution < 1.29 is 4.79 Å². The van der Waals surface area contributed by atoms with Crippen molar-refractivity contribution in [3.63, 3.8) is 0 Å². The molecule has 136 valence electrons. The number of benzene rings is 1. The summed E-state index contributed by atoms with van der Waals surface area (Å²) in [5, 5.41) is 17.9. The fourth-order valence-corrected chi connectivity index (χ4v) is 3.23. The van der Waals surface area contributed by atoms with E-state index in [-0.39, 0.29) is 5.91 Å². The van der Waals surface area contributed by atoms with Gasteiger partial charge in [0.15, 0.2) is 0 Å². The Morgan fingerprint density at radius 3 is 2.81 bits per heavy atom. The van der Waals surface area contributed by atoms with Crippen LogP contribution in [-0.2, 0) is 4.79 Å². The van der Waals surface area contributed by atoms with Gasteiger partial charge in [0.05, 0.1) is 5.57 Å². The van der Waals surface area contributed by atoms with Crippen LogP contribution in [0.5, 0.6) is 0 Å². The number of carbonyl (C=O) groups is 1. The number of fused-ring (bicyclic) bond motifs is 1. The third-order valence-electron chi connectivity index (χ3n) is 4.81. The molecule has 0 spiro atoms. The second-order valence-electron chi connectivity index (χ2n) is 6.50. The molecular formula is C19H19N7O. The number of pyridine rings is 1. The van der Waals surface area contributed by atoms with Gasteiger partial charge in [-0.3, -0.25) is 9.78 Å². The summed E-state index contributed by atoms with van der Waals surface area (Å²) in [6.07, 6.45) is 3.41. The number of aromatic nitrogens is 5. The number of nitrogens with zero attached hydrogens (tertiary/aromatic N) is 5. The Bertz CT molecular complexity index is 1040. The highest BCUT2D eigenvalue weighted by atomic mass is 16.1. The molecule has 27 heavy (non-hydrogen) atoms. The minimum Gasteiger partial charge on any atom is -0.326 e. The molecule has 3 aromatic rings. The SMILES string of the molecule is CC1=C(C(=O)Nc2cccc(C)c2C)[C@@H](c2cccnc2)n2nnnc2N1. The van der Waals surface area contributed by atoms with Crippen molar-refractivity contribution in [1.29, 1.82) is 0 Å². The van der Waals surface area contributed by atoms with Crippen LogP contribution in [0, 0.1) is 13.8 Å². The molecule has 1 aliphatic heterocycles. The molecule has 0 saturated carbocycles. The molecule has 8 heteroatoms. The Kier molecular flexibility index (Phi) is 4.15. The van der Waals surface area contributed by atoms with Crippen LogP contribution in [-0.4, -0.2) is 31.1 Å². The van der Waals surface area contributed by atoms with E-state index in [2.05, 4.69) is 31.1 Å². The van der Waals surface area contributed by atoms with Gasteiger partial charge in [0, 0.05) is 23.8 Å². The molecule has 1 atom stereocenters. The maximum atomic E-state index is 13.2. The zero-order chi connectivity index (χ0) is 19.0. The molecule has 0 radical (unpaired) electrons. The van der Waals surface area contributed by atoms with Crippen LogP contribution in [0.2, 0.25) is 0 Å². The van der Waals surface area contributed by atoms with Crippen molar-refractivity contribution in [2.24, 2.45) is 0 Å². The molecule has 0 unspecified atom stereocenters.